The van der Waals surface area contributed by atoms with Crippen molar-refractivity contribution in [3.63, 3.8) is 0 Å². The first kappa shape index (κ1) is 18.8. The van der Waals surface area contributed by atoms with E-state index in [0.29, 0.717) is 18.0 Å². The Bertz CT molecular complexity index is 1070. The van der Waals surface area contributed by atoms with Crippen LogP contribution < -0.4 is 5.63 Å². The molecular weight excluding hydrogens is 356 g/mol. The normalized spacial score (nSPS) is 18.1. The number of aromatic nitrogens is 3. The molecule has 1 atom stereocenters. The summed E-state index contributed by atoms with van der Waals surface area (Å²) in [5.41, 5.74) is 3.53. The molecule has 1 N–H and O–H groups in total. The standard InChI is InChI=1S/C21H26N4O3/c1-13-7-14(2)20-17(8-13)16(9-19(27)28-20)11-25-6-4-5-15(10-25)21-23-22-18(12-26)24(21)3/h7-9,15,26H,4-6,10-12H2,1-3H3. The van der Waals surface area contributed by atoms with E-state index in [-0.39, 0.29) is 18.2 Å². The van der Waals surface area contributed by atoms with Gasteiger partial charge in [0.05, 0.1) is 0 Å². The fraction of sp³-hybridized carbons (Fsp3) is 0.476. The highest BCUT2D eigenvalue weighted by Crippen LogP contribution is 2.29. The quantitative estimate of drug-likeness (QED) is 0.698. The van der Waals surface area contributed by atoms with Gasteiger partial charge >= 0.3 is 5.63 Å². The van der Waals surface area contributed by atoms with E-state index >= 15 is 0 Å². The minimum atomic E-state index is -0.302. The number of fused-ring (bicyclic) bond motifs is 1. The highest BCUT2D eigenvalue weighted by atomic mass is 16.4. The Morgan fingerprint density at radius 3 is 2.82 bits per heavy atom. The van der Waals surface area contributed by atoms with Crippen LogP contribution in [0.3, 0.4) is 0 Å². The molecule has 0 amide bonds. The summed E-state index contributed by atoms with van der Waals surface area (Å²) in [6, 6.07) is 5.76. The van der Waals surface area contributed by atoms with E-state index in [1.54, 1.807) is 6.07 Å². The third-order valence-electron chi connectivity index (χ3n) is 5.66. The zero-order valence-electron chi connectivity index (χ0n) is 16.6. The topological polar surface area (TPSA) is 84.4 Å². The SMILES string of the molecule is Cc1cc(C)c2oc(=O)cc(CN3CCCC(c4nnc(CO)n4C)C3)c2c1. The Kier molecular flexibility index (Phi) is 5.03. The van der Waals surface area contributed by atoms with Crippen LogP contribution >= 0.6 is 0 Å². The second-order valence-corrected chi connectivity index (χ2v) is 7.82. The lowest BCUT2D eigenvalue weighted by atomic mass is 9.96. The number of hydrogen-bond donors (Lipinski definition) is 1. The lowest BCUT2D eigenvalue weighted by Gasteiger charge is -2.32. The first-order chi connectivity index (χ1) is 13.5. The molecule has 0 aliphatic carbocycles. The maximum absolute atomic E-state index is 12.1. The van der Waals surface area contributed by atoms with E-state index < -0.39 is 0 Å². The molecule has 28 heavy (non-hydrogen) atoms. The number of benzene rings is 1. The maximum Gasteiger partial charge on any atom is 0.336 e. The largest absolute Gasteiger partial charge is 0.422 e. The van der Waals surface area contributed by atoms with E-state index in [1.807, 2.05) is 24.6 Å². The van der Waals surface area contributed by atoms with Crippen LogP contribution in [-0.4, -0.2) is 37.9 Å². The monoisotopic (exact) mass is 382 g/mol. The number of piperidine rings is 1. The van der Waals surface area contributed by atoms with Crippen molar-refractivity contribution >= 4 is 11.0 Å². The van der Waals surface area contributed by atoms with Crippen LogP contribution in [0.1, 0.15) is 47.1 Å². The molecule has 3 heterocycles. The molecule has 4 rings (SSSR count). The molecule has 1 aliphatic rings. The van der Waals surface area contributed by atoms with Gasteiger partial charge in [-0.05, 0) is 56.0 Å². The van der Waals surface area contributed by atoms with Crippen LogP contribution in [0, 0.1) is 13.8 Å². The Morgan fingerprint density at radius 1 is 1.25 bits per heavy atom. The first-order valence-electron chi connectivity index (χ1n) is 9.71. The molecule has 7 nitrogen and oxygen atoms in total. The molecule has 1 fully saturated rings. The zero-order chi connectivity index (χ0) is 19.8. The van der Waals surface area contributed by atoms with Crippen LogP contribution in [-0.2, 0) is 20.2 Å². The fourth-order valence-corrected chi connectivity index (χ4v) is 4.33. The molecule has 148 valence electrons. The number of rotatable bonds is 4. The van der Waals surface area contributed by atoms with Crippen molar-refractivity contribution in [2.75, 3.05) is 13.1 Å². The van der Waals surface area contributed by atoms with Gasteiger partial charge in [0, 0.05) is 37.5 Å². The number of aliphatic hydroxyl groups is 1. The average Bonchev–Trinajstić information content (AvgIpc) is 3.03. The summed E-state index contributed by atoms with van der Waals surface area (Å²) in [4.78, 5) is 14.5. The smallest absolute Gasteiger partial charge is 0.336 e. The number of likely N-dealkylation sites (tertiary alicyclic amines) is 1. The highest BCUT2D eigenvalue weighted by Gasteiger charge is 2.26. The summed E-state index contributed by atoms with van der Waals surface area (Å²) in [5, 5.41) is 18.8. The molecule has 1 unspecified atom stereocenters. The van der Waals surface area contributed by atoms with Gasteiger partial charge in [-0.2, -0.15) is 0 Å². The third kappa shape index (κ3) is 3.47. The van der Waals surface area contributed by atoms with E-state index in [1.165, 1.54) is 0 Å². The minimum Gasteiger partial charge on any atom is -0.422 e. The number of aryl methyl sites for hydroxylation is 2. The van der Waals surface area contributed by atoms with Crippen molar-refractivity contribution in [1.82, 2.24) is 19.7 Å². The first-order valence-corrected chi connectivity index (χ1v) is 9.71. The Hall–Kier alpha value is -2.51. The fourth-order valence-electron chi connectivity index (χ4n) is 4.33. The minimum absolute atomic E-state index is 0.107. The third-order valence-corrected chi connectivity index (χ3v) is 5.66. The van der Waals surface area contributed by atoms with E-state index in [0.717, 1.165) is 53.8 Å². The number of hydrogen-bond acceptors (Lipinski definition) is 6. The molecular formula is C21H26N4O3. The zero-order valence-corrected chi connectivity index (χ0v) is 16.6. The molecule has 0 spiro atoms. The van der Waals surface area contributed by atoms with Crippen molar-refractivity contribution in [3.8, 4) is 0 Å². The molecule has 1 aliphatic heterocycles. The van der Waals surface area contributed by atoms with Gasteiger partial charge in [-0.25, -0.2) is 4.79 Å². The van der Waals surface area contributed by atoms with E-state index in [4.69, 9.17) is 4.42 Å². The molecule has 0 bridgehead atoms. The Morgan fingerprint density at radius 2 is 2.07 bits per heavy atom. The van der Waals surface area contributed by atoms with Gasteiger partial charge in [0.2, 0.25) is 0 Å². The second kappa shape index (κ2) is 7.48. The highest BCUT2D eigenvalue weighted by molar-refractivity contribution is 5.83. The summed E-state index contributed by atoms with van der Waals surface area (Å²) < 4.78 is 7.38. The van der Waals surface area contributed by atoms with Gasteiger partial charge in [-0.15, -0.1) is 10.2 Å². The number of aliphatic hydroxyl groups excluding tert-OH is 1. The van der Waals surface area contributed by atoms with Gasteiger partial charge in [-0.3, -0.25) is 4.90 Å². The van der Waals surface area contributed by atoms with Crippen LogP contribution in [0.25, 0.3) is 11.0 Å². The van der Waals surface area contributed by atoms with Gasteiger partial charge in [0.15, 0.2) is 5.82 Å². The van der Waals surface area contributed by atoms with Crippen LogP contribution in [0.2, 0.25) is 0 Å². The van der Waals surface area contributed by atoms with Crippen molar-refractivity contribution in [1.29, 1.82) is 0 Å². The summed E-state index contributed by atoms with van der Waals surface area (Å²) in [5.74, 6) is 1.77. The maximum atomic E-state index is 12.1. The predicted molar refractivity (Wildman–Crippen MR) is 106 cm³/mol. The van der Waals surface area contributed by atoms with Crippen molar-refractivity contribution in [3.05, 3.63) is 57.0 Å². The molecule has 7 heteroatoms. The van der Waals surface area contributed by atoms with Crippen molar-refractivity contribution < 1.29 is 9.52 Å². The van der Waals surface area contributed by atoms with Gasteiger partial charge < -0.3 is 14.1 Å². The van der Waals surface area contributed by atoms with Gasteiger partial charge in [0.25, 0.3) is 0 Å². The lowest BCUT2D eigenvalue weighted by Crippen LogP contribution is -2.35. The summed E-state index contributed by atoms with van der Waals surface area (Å²) in [7, 11) is 1.90. The second-order valence-electron chi connectivity index (χ2n) is 7.82. The summed E-state index contributed by atoms with van der Waals surface area (Å²) in [6.45, 7) is 6.46. The Labute approximate surface area is 163 Å². The summed E-state index contributed by atoms with van der Waals surface area (Å²) >= 11 is 0. The van der Waals surface area contributed by atoms with Gasteiger partial charge in [0.1, 0.15) is 18.0 Å². The molecule has 1 aromatic carbocycles. The number of nitrogens with zero attached hydrogens (tertiary/aromatic N) is 4. The van der Waals surface area contributed by atoms with Crippen LogP contribution in [0.4, 0.5) is 0 Å². The summed E-state index contributed by atoms with van der Waals surface area (Å²) in [6.07, 6.45) is 2.10. The molecule has 2 aromatic heterocycles. The molecule has 1 saturated heterocycles. The van der Waals surface area contributed by atoms with Crippen LogP contribution in [0.15, 0.2) is 27.4 Å². The van der Waals surface area contributed by atoms with E-state index in [2.05, 4.69) is 28.1 Å². The van der Waals surface area contributed by atoms with Crippen molar-refractivity contribution in [2.24, 2.45) is 7.05 Å². The molecule has 3 aromatic rings. The van der Waals surface area contributed by atoms with E-state index in [9.17, 15) is 9.90 Å². The van der Waals surface area contributed by atoms with Crippen LogP contribution in [0.5, 0.6) is 0 Å². The molecule has 0 radical (unpaired) electrons. The predicted octanol–water partition coefficient (Wildman–Crippen LogP) is 2.41. The molecule has 0 saturated carbocycles. The van der Waals surface area contributed by atoms with Crippen molar-refractivity contribution in [2.45, 2.75) is 45.8 Å². The van der Waals surface area contributed by atoms with Gasteiger partial charge in [-0.1, -0.05) is 6.07 Å². The average molecular weight is 382 g/mol. The lowest BCUT2D eigenvalue weighted by molar-refractivity contribution is 0.195. The Balaban J connectivity index is 1.62.